The van der Waals surface area contributed by atoms with Gasteiger partial charge in [-0.3, -0.25) is 14.4 Å². The Hall–Kier alpha value is -2.61. The molecular formula is C17H21N3O4S. The Labute approximate surface area is 147 Å². The van der Waals surface area contributed by atoms with E-state index in [-0.39, 0.29) is 22.0 Å². The Morgan fingerprint density at radius 2 is 1.72 bits per heavy atom. The highest BCUT2D eigenvalue weighted by Gasteiger charge is 2.29. The second kappa shape index (κ2) is 6.72. The predicted molar refractivity (Wildman–Crippen MR) is 98.2 cm³/mol. The van der Waals surface area contributed by atoms with Gasteiger partial charge in [0.15, 0.2) is 0 Å². The number of sulfonamides is 1. The number of nitrogen functional groups attached to an aromatic ring is 1. The zero-order valence-electron chi connectivity index (χ0n) is 14.6. The number of nitrogens with zero attached hydrogens (tertiary/aromatic N) is 2. The van der Waals surface area contributed by atoms with Crippen LogP contribution in [0.5, 0.6) is 0 Å². The van der Waals surface area contributed by atoms with Gasteiger partial charge in [-0.1, -0.05) is 6.07 Å². The number of nitro groups is 1. The second-order valence-electron chi connectivity index (χ2n) is 6.14. The normalized spacial score (nSPS) is 11.6. The van der Waals surface area contributed by atoms with Gasteiger partial charge in [-0.25, -0.2) is 8.42 Å². The molecule has 0 fully saturated rings. The number of rotatable bonds is 5. The molecule has 0 spiro atoms. The third kappa shape index (κ3) is 3.58. The molecule has 0 amide bonds. The summed E-state index contributed by atoms with van der Waals surface area (Å²) in [6.45, 7) is 7.22. The van der Waals surface area contributed by atoms with Crippen molar-refractivity contribution >= 4 is 27.1 Å². The second-order valence-corrected chi connectivity index (χ2v) is 7.96. The molecular weight excluding hydrogens is 342 g/mol. The van der Waals surface area contributed by atoms with Gasteiger partial charge in [0.1, 0.15) is 5.69 Å². The summed E-state index contributed by atoms with van der Waals surface area (Å²) >= 11 is 0. The highest BCUT2D eigenvalue weighted by atomic mass is 32.2. The molecule has 25 heavy (non-hydrogen) atoms. The van der Waals surface area contributed by atoms with Crippen molar-refractivity contribution in [2.45, 2.75) is 38.6 Å². The largest absolute Gasteiger partial charge is 0.393 e. The van der Waals surface area contributed by atoms with E-state index in [4.69, 9.17) is 5.73 Å². The van der Waals surface area contributed by atoms with Crippen LogP contribution in [0.25, 0.3) is 0 Å². The molecule has 8 heteroatoms. The zero-order chi connectivity index (χ0) is 18.9. The Kier molecular flexibility index (Phi) is 5.03. The molecule has 134 valence electrons. The van der Waals surface area contributed by atoms with E-state index < -0.39 is 21.0 Å². The summed E-state index contributed by atoms with van der Waals surface area (Å²) in [7, 11) is -3.83. The Morgan fingerprint density at radius 1 is 1.08 bits per heavy atom. The lowest BCUT2D eigenvalue weighted by Crippen LogP contribution is -2.37. The molecule has 7 nitrogen and oxygen atoms in total. The molecule has 0 aromatic heterocycles. The van der Waals surface area contributed by atoms with Crippen LogP contribution in [0.2, 0.25) is 0 Å². The van der Waals surface area contributed by atoms with Crippen LogP contribution in [0.15, 0.2) is 41.3 Å². The topological polar surface area (TPSA) is 107 Å². The van der Waals surface area contributed by atoms with E-state index >= 15 is 0 Å². The molecule has 0 aliphatic heterocycles. The van der Waals surface area contributed by atoms with Crippen molar-refractivity contribution in [1.29, 1.82) is 0 Å². The van der Waals surface area contributed by atoms with Gasteiger partial charge in [-0.2, -0.15) is 0 Å². The maximum Gasteiger partial charge on any atom is 0.292 e. The first kappa shape index (κ1) is 18.7. The minimum absolute atomic E-state index is 0.0802. The number of benzene rings is 2. The van der Waals surface area contributed by atoms with Crippen molar-refractivity contribution in [3.8, 4) is 0 Å². The number of nitrogens with two attached hydrogens (primary N) is 1. The minimum Gasteiger partial charge on any atom is -0.393 e. The van der Waals surface area contributed by atoms with Crippen molar-refractivity contribution in [3.63, 3.8) is 0 Å². The summed E-state index contributed by atoms with van der Waals surface area (Å²) in [6, 6.07) is 8.47. The standard InChI is InChI=1S/C17H21N3O4S/c1-11(2)19(14-6-8-17(20(21)22)16(18)10-14)25(23,24)15-7-5-12(3)13(4)9-15/h5-11H,18H2,1-4H3. The molecule has 2 rings (SSSR count). The van der Waals surface area contributed by atoms with Gasteiger partial charge in [0.05, 0.1) is 15.5 Å². The van der Waals surface area contributed by atoms with E-state index in [0.29, 0.717) is 0 Å². The van der Waals surface area contributed by atoms with Crippen LogP contribution in [0.4, 0.5) is 17.1 Å². The molecule has 0 saturated heterocycles. The van der Waals surface area contributed by atoms with Crippen LogP contribution >= 0.6 is 0 Å². The Morgan fingerprint density at radius 3 is 2.20 bits per heavy atom. The number of aryl methyl sites for hydroxylation is 2. The van der Waals surface area contributed by atoms with Crippen LogP contribution in [0.3, 0.4) is 0 Å². The molecule has 0 saturated carbocycles. The molecule has 2 aromatic carbocycles. The van der Waals surface area contributed by atoms with Crippen LogP contribution in [-0.4, -0.2) is 19.4 Å². The van der Waals surface area contributed by atoms with Crippen molar-refractivity contribution in [1.82, 2.24) is 0 Å². The average molecular weight is 363 g/mol. The molecule has 2 N–H and O–H groups in total. The van der Waals surface area contributed by atoms with Gasteiger partial charge >= 0.3 is 0 Å². The fourth-order valence-corrected chi connectivity index (χ4v) is 4.29. The first-order valence-corrected chi connectivity index (χ1v) is 9.15. The first-order valence-electron chi connectivity index (χ1n) is 7.71. The maximum absolute atomic E-state index is 13.1. The Bertz CT molecular complexity index is 923. The summed E-state index contributed by atoms with van der Waals surface area (Å²) in [5, 5.41) is 10.9. The molecule has 0 heterocycles. The molecule has 0 aliphatic rings. The number of nitro benzene ring substituents is 1. The number of anilines is 2. The lowest BCUT2D eigenvalue weighted by molar-refractivity contribution is -0.383. The van der Waals surface area contributed by atoms with E-state index in [2.05, 4.69) is 0 Å². The highest BCUT2D eigenvalue weighted by molar-refractivity contribution is 7.92. The summed E-state index contributed by atoms with van der Waals surface area (Å²) in [5.41, 5.74) is 7.54. The van der Waals surface area contributed by atoms with Crippen LogP contribution in [-0.2, 0) is 10.0 Å². The molecule has 0 atom stereocenters. The quantitative estimate of drug-likeness (QED) is 0.498. The zero-order valence-corrected chi connectivity index (χ0v) is 15.4. The lowest BCUT2D eigenvalue weighted by Gasteiger charge is -2.28. The number of hydrogen-bond donors (Lipinski definition) is 1. The third-order valence-electron chi connectivity index (χ3n) is 3.97. The Balaban J connectivity index is 2.59. The van der Waals surface area contributed by atoms with Gasteiger partial charge in [0.25, 0.3) is 15.7 Å². The summed E-state index contributed by atoms with van der Waals surface area (Å²) in [6.07, 6.45) is 0. The lowest BCUT2D eigenvalue weighted by atomic mass is 10.1. The number of hydrogen-bond acceptors (Lipinski definition) is 5. The van der Waals surface area contributed by atoms with Gasteiger partial charge in [-0.05, 0) is 63.1 Å². The van der Waals surface area contributed by atoms with Crippen molar-refractivity contribution in [2.75, 3.05) is 10.0 Å². The summed E-state index contributed by atoms with van der Waals surface area (Å²) in [4.78, 5) is 10.5. The third-order valence-corrected chi connectivity index (χ3v) is 5.97. The van der Waals surface area contributed by atoms with E-state index in [1.807, 2.05) is 13.8 Å². The smallest absolute Gasteiger partial charge is 0.292 e. The van der Waals surface area contributed by atoms with Gasteiger partial charge < -0.3 is 5.73 Å². The van der Waals surface area contributed by atoms with Crippen LogP contribution in [0, 0.1) is 24.0 Å². The summed E-state index contributed by atoms with van der Waals surface area (Å²) in [5.74, 6) is 0. The maximum atomic E-state index is 13.1. The SMILES string of the molecule is Cc1ccc(S(=O)(=O)N(c2ccc([N+](=O)[O-])c(N)c2)C(C)C)cc1C. The van der Waals surface area contributed by atoms with Gasteiger partial charge in [0.2, 0.25) is 0 Å². The average Bonchev–Trinajstić information content (AvgIpc) is 2.49. The van der Waals surface area contributed by atoms with E-state index in [9.17, 15) is 18.5 Å². The fourth-order valence-electron chi connectivity index (χ4n) is 2.55. The van der Waals surface area contributed by atoms with Crippen molar-refractivity contribution in [3.05, 3.63) is 57.6 Å². The predicted octanol–water partition coefficient (Wildman–Crippen LogP) is 3.40. The molecule has 2 aromatic rings. The molecule has 0 radical (unpaired) electrons. The fraction of sp³-hybridized carbons (Fsp3) is 0.294. The first-order chi connectivity index (χ1) is 11.6. The molecule has 0 unspecified atom stereocenters. The van der Waals surface area contributed by atoms with E-state index in [1.165, 1.54) is 22.5 Å². The van der Waals surface area contributed by atoms with Crippen molar-refractivity contribution in [2.24, 2.45) is 0 Å². The van der Waals surface area contributed by atoms with Gasteiger partial charge in [0, 0.05) is 12.1 Å². The monoisotopic (exact) mass is 363 g/mol. The van der Waals surface area contributed by atoms with Crippen LogP contribution < -0.4 is 10.0 Å². The highest BCUT2D eigenvalue weighted by Crippen LogP contribution is 2.32. The minimum atomic E-state index is -3.83. The molecule has 0 aliphatic carbocycles. The van der Waals surface area contributed by atoms with E-state index in [0.717, 1.165) is 11.1 Å². The molecule has 0 bridgehead atoms. The summed E-state index contributed by atoms with van der Waals surface area (Å²) < 4.78 is 27.5. The van der Waals surface area contributed by atoms with E-state index in [1.54, 1.807) is 32.0 Å². The van der Waals surface area contributed by atoms with Gasteiger partial charge in [-0.15, -0.1) is 0 Å². The van der Waals surface area contributed by atoms with Crippen LogP contribution in [0.1, 0.15) is 25.0 Å². The van der Waals surface area contributed by atoms with Crippen molar-refractivity contribution < 1.29 is 13.3 Å².